The van der Waals surface area contributed by atoms with Crippen LogP contribution in [0.1, 0.15) is 12.5 Å². The number of aryl methyl sites for hydroxylation is 1. The normalized spacial score (nSPS) is 11.4. The molecule has 0 saturated carbocycles. The first kappa shape index (κ1) is 17.0. The fourth-order valence-corrected chi connectivity index (χ4v) is 1.57. The summed E-state index contributed by atoms with van der Waals surface area (Å²) in [4.78, 5) is 23.1. The van der Waals surface area contributed by atoms with Gasteiger partial charge in [0.05, 0.1) is 0 Å². The van der Waals surface area contributed by atoms with Crippen LogP contribution in [0.2, 0.25) is 5.02 Å². The number of esters is 1. The first-order chi connectivity index (χ1) is 9.93. The van der Waals surface area contributed by atoms with Gasteiger partial charge in [-0.3, -0.25) is 4.79 Å². The third-order valence-corrected chi connectivity index (χ3v) is 3.01. The van der Waals surface area contributed by atoms with Gasteiger partial charge in [0.2, 0.25) is 0 Å². The van der Waals surface area contributed by atoms with Gasteiger partial charge in [-0.15, -0.1) is 6.58 Å². The lowest BCUT2D eigenvalue weighted by Gasteiger charge is -2.13. The Labute approximate surface area is 128 Å². The van der Waals surface area contributed by atoms with Gasteiger partial charge in [0, 0.05) is 11.6 Å². The van der Waals surface area contributed by atoms with E-state index in [1.807, 2.05) is 6.92 Å². The number of hydrogen-bond donors (Lipinski definition) is 1. The summed E-state index contributed by atoms with van der Waals surface area (Å²) in [5.74, 6) is -0.493. The minimum Gasteiger partial charge on any atom is -0.482 e. The third kappa shape index (κ3) is 5.87. The second-order valence-corrected chi connectivity index (χ2v) is 4.77. The maximum Gasteiger partial charge on any atom is 0.344 e. The van der Waals surface area contributed by atoms with Crippen molar-refractivity contribution in [2.75, 3.05) is 13.2 Å². The lowest BCUT2D eigenvalue weighted by Crippen LogP contribution is -2.36. The van der Waals surface area contributed by atoms with Gasteiger partial charge >= 0.3 is 5.97 Å². The highest BCUT2D eigenvalue weighted by atomic mass is 35.5. The second kappa shape index (κ2) is 8.32. The zero-order valence-electron chi connectivity index (χ0n) is 12.0. The van der Waals surface area contributed by atoms with Gasteiger partial charge in [-0.05, 0) is 37.6 Å². The summed E-state index contributed by atoms with van der Waals surface area (Å²) in [6.45, 7) is 6.84. The van der Waals surface area contributed by atoms with Crippen molar-refractivity contribution >= 4 is 23.5 Å². The fraction of sp³-hybridized carbons (Fsp3) is 0.333. The number of benzene rings is 1. The number of nitrogens with one attached hydrogen (secondary N) is 1. The lowest BCUT2D eigenvalue weighted by molar-refractivity contribution is -0.156. The molecule has 0 aromatic heterocycles. The molecule has 0 bridgehead atoms. The molecule has 0 saturated heterocycles. The van der Waals surface area contributed by atoms with Crippen LogP contribution in [0.3, 0.4) is 0 Å². The highest BCUT2D eigenvalue weighted by Gasteiger charge is 2.17. The fourth-order valence-electron chi connectivity index (χ4n) is 1.45. The van der Waals surface area contributed by atoms with E-state index in [0.29, 0.717) is 17.3 Å². The molecule has 5 nitrogen and oxygen atoms in total. The van der Waals surface area contributed by atoms with Crippen LogP contribution in [-0.2, 0) is 14.3 Å². The Kier molecular flexibility index (Phi) is 6.75. The second-order valence-electron chi connectivity index (χ2n) is 4.37. The molecule has 21 heavy (non-hydrogen) atoms. The summed E-state index contributed by atoms with van der Waals surface area (Å²) >= 11 is 5.89. The predicted octanol–water partition coefficient (Wildman–Crippen LogP) is 2.26. The Bertz CT molecular complexity index is 530. The Morgan fingerprint density at radius 2 is 2.19 bits per heavy atom. The van der Waals surface area contributed by atoms with E-state index >= 15 is 0 Å². The zero-order valence-corrected chi connectivity index (χ0v) is 12.8. The SMILES string of the molecule is C=CCNC(=O)C(C)OC(=O)COc1ccc(Cl)c(C)c1. The Morgan fingerprint density at radius 3 is 2.81 bits per heavy atom. The summed E-state index contributed by atoms with van der Waals surface area (Å²) in [5.41, 5.74) is 0.847. The molecule has 114 valence electrons. The average molecular weight is 312 g/mol. The van der Waals surface area contributed by atoms with Crippen LogP contribution in [0.4, 0.5) is 0 Å². The van der Waals surface area contributed by atoms with Gasteiger partial charge in [0.15, 0.2) is 12.7 Å². The molecule has 1 atom stereocenters. The summed E-state index contributed by atoms with van der Waals surface area (Å²) in [5, 5.41) is 3.16. The van der Waals surface area contributed by atoms with Gasteiger partial charge in [0.25, 0.3) is 5.91 Å². The Morgan fingerprint density at radius 1 is 1.48 bits per heavy atom. The van der Waals surface area contributed by atoms with E-state index in [1.54, 1.807) is 24.3 Å². The Balaban J connectivity index is 2.41. The summed E-state index contributed by atoms with van der Waals surface area (Å²) in [7, 11) is 0. The molecular weight excluding hydrogens is 294 g/mol. The zero-order chi connectivity index (χ0) is 15.8. The molecule has 6 heteroatoms. The largest absolute Gasteiger partial charge is 0.482 e. The maximum absolute atomic E-state index is 11.6. The molecule has 0 heterocycles. The topological polar surface area (TPSA) is 64.6 Å². The molecule has 0 aliphatic rings. The monoisotopic (exact) mass is 311 g/mol. The molecule has 1 aromatic rings. The van der Waals surface area contributed by atoms with Crippen molar-refractivity contribution in [2.24, 2.45) is 0 Å². The van der Waals surface area contributed by atoms with Crippen LogP contribution in [0, 0.1) is 6.92 Å². The van der Waals surface area contributed by atoms with Crippen molar-refractivity contribution in [3.63, 3.8) is 0 Å². The highest BCUT2D eigenvalue weighted by molar-refractivity contribution is 6.31. The number of rotatable bonds is 7. The van der Waals surface area contributed by atoms with Crippen LogP contribution in [0.5, 0.6) is 5.75 Å². The predicted molar refractivity (Wildman–Crippen MR) is 80.4 cm³/mol. The molecule has 0 aliphatic carbocycles. The Hall–Kier alpha value is -2.01. The summed E-state index contributed by atoms with van der Waals surface area (Å²) in [6, 6.07) is 5.06. The minimum absolute atomic E-state index is 0.278. The van der Waals surface area contributed by atoms with Crippen LogP contribution < -0.4 is 10.1 Å². The number of ether oxygens (including phenoxy) is 2. The molecule has 1 unspecified atom stereocenters. The maximum atomic E-state index is 11.6. The van der Waals surface area contributed by atoms with E-state index in [2.05, 4.69) is 11.9 Å². The van der Waals surface area contributed by atoms with Crippen molar-refractivity contribution < 1.29 is 19.1 Å². The van der Waals surface area contributed by atoms with E-state index in [1.165, 1.54) is 6.92 Å². The number of halogens is 1. The minimum atomic E-state index is -0.881. The van der Waals surface area contributed by atoms with E-state index in [0.717, 1.165) is 5.56 Å². The molecule has 0 radical (unpaired) electrons. The quantitative estimate of drug-likeness (QED) is 0.619. The van der Waals surface area contributed by atoms with Crippen molar-refractivity contribution in [3.05, 3.63) is 41.4 Å². The van der Waals surface area contributed by atoms with Crippen molar-refractivity contribution in [1.29, 1.82) is 0 Å². The number of carbonyl (C=O) groups excluding carboxylic acids is 2. The van der Waals surface area contributed by atoms with E-state index in [-0.39, 0.29) is 12.5 Å². The first-order valence-corrected chi connectivity index (χ1v) is 6.79. The van der Waals surface area contributed by atoms with Gasteiger partial charge in [-0.1, -0.05) is 17.7 Å². The lowest BCUT2D eigenvalue weighted by atomic mass is 10.2. The smallest absolute Gasteiger partial charge is 0.344 e. The van der Waals surface area contributed by atoms with Crippen molar-refractivity contribution in [1.82, 2.24) is 5.32 Å². The van der Waals surface area contributed by atoms with E-state index < -0.39 is 12.1 Å². The first-order valence-electron chi connectivity index (χ1n) is 6.41. The number of carbonyl (C=O) groups is 2. The third-order valence-electron chi connectivity index (χ3n) is 2.58. The molecule has 0 aliphatic heterocycles. The van der Waals surface area contributed by atoms with Crippen LogP contribution in [-0.4, -0.2) is 31.1 Å². The molecule has 0 fully saturated rings. The number of hydrogen-bond acceptors (Lipinski definition) is 4. The van der Waals surface area contributed by atoms with Crippen LogP contribution >= 0.6 is 11.6 Å². The molecular formula is C15H18ClNO4. The van der Waals surface area contributed by atoms with Crippen molar-refractivity contribution in [2.45, 2.75) is 20.0 Å². The highest BCUT2D eigenvalue weighted by Crippen LogP contribution is 2.20. The molecule has 1 aromatic carbocycles. The average Bonchev–Trinajstić information content (AvgIpc) is 2.45. The van der Waals surface area contributed by atoms with Crippen LogP contribution in [0.25, 0.3) is 0 Å². The van der Waals surface area contributed by atoms with Gasteiger partial charge in [0.1, 0.15) is 5.75 Å². The van der Waals surface area contributed by atoms with E-state index in [4.69, 9.17) is 21.1 Å². The molecule has 0 spiro atoms. The molecule has 1 amide bonds. The summed E-state index contributed by atoms with van der Waals surface area (Å²) in [6.07, 6.45) is 0.659. The molecule has 1 rings (SSSR count). The molecule has 1 N–H and O–H groups in total. The van der Waals surface area contributed by atoms with Crippen molar-refractivity contribution in [3.8, 4) is 5.75 Å². The number of amides is 1. The van der Waals surface area contributed by atoms with Gasteiger partial charge in [-0.25, -0.2) is 4.79 Å². The van der Waals surface area contributed by atoms with Gasteiger partial charge < -0.3 is 14.8 Å². The van der Waals surface area contributed by atoms with Crippen LogP contribution in [0.15, 0.2) is 30.9 Å². The standard InChI is InChI=1S/C15H18ClNO4/c1-4-7-17-15(19)11(3)21-14(18)9-20-12-5-6-13(16)10(2)8-12/h4-6,8,11H,1,7,9H2,2-3H3,(H,17,19). The summed E-state index contributed by atoms with van der Waals surface area (Å²) < 4.78 is 10.2. The van der Waals surface area contributed by atoms with Gasteiger partial charge in [-0.2, -0.15) is 0 Å². The van der Waals surface area contributed by atoms with E-state index in [9.17, 15) is 9.59 Å².